The molecule has 0 aromatic rings. The fourth-order valence-electron chi connectivity index (χ4n) is 1.95. The van der Waals surface area contributed by atoms with E-state index in [1.807, 2.05) is 4.90 Å². The molecule has 0 radical (unpaired) electrons. The molecule has 1 N–H and O–H groups in total. The van der Waals surface area contributed by atoms with Gasteiger partial charge in [-0.25, -0.2) is 13.1 Å². The topological polar surface area (TPSA) is 66.5 Å². The van der Waals surface area contributed by atoms with Crippen molar-refractivity contribution in [2.75, 3.05) is 19.3 Å². The van der Waals surface area contributed by atoms with Gasteiger partial charge in [-0.05, 0) is 18.8 Å². The van der Waals surface area contributed by atoms with Gasteiger partial charge in [-0.1, -0.05) is 0 Å². The lowest BCUT2D eigenvalue weighted by Gasteiger charge is -2.15. The normalized spacial score (nSPS) is 27.4. The van der Waals surface area contributed by atoms with E-state index >= 15 is 0 Å². The monoisotopic (exact) mass is 232 g/mol. The number of hydrogen-bond donors (Lipinski definition) is 1. The summed E-state index contributed by atoms with van der Waals surface area (Å²) < 4.78 is 24.2. The Balaban J connectivity index is 1.83. The highest BCUT2D eigenvalue weighted by molar-refractivity contribution is 7.88. The van der Waals surface area contributed by atoms with Gasteiger partial charge >= 0.3 is 0 Å². The summed E-state index contributed by atoms with van der Waals surface area (Å²) in [7, 11) is -3.13. The molecule has 15 heavy (non-hydrogen) atoms. The molecule has 2 rings (SSSR count). The average molecular weight is 232 g/mol. The third kappa shape index (κ3) is 2.92. The summed E-state index contributed by atoms with van der Waals surface area (Å²) >= 11 is 0. The van der Waals surface area contributed by atoms with Gasteiger partial charge < -0.3 is 4.90 Å². The van der Waals surface area contributed by atoms with E-state index < -0.39 is 10.0 Å². The second kappa shape index (κ2) is 3.75. The Morgan fingerprint density at radius 1 is 1.47 bits per heavy atom. The smallest absolute Gasteiger partial charge is 0.223 e. The minimum Gasteiger partial charge on any atom is -0.339 e. The highest BCUT2D eigenvalue weighted by atomic mass is 32.2. The van der Waals surface area contributed by atoms with E-state index in [-0.39, 0.29) is 11.8 Å². The van der Waals surface area contributed by atoms with E-state index in [0.717, 1.165) is 19.1 Å². The van der Waals surface area contributed by atoms with Crippen LogP contribution >= 0.6 is 0 Å². The van der Waals surface area contributed by atoms with Crippen LogP contribution in [0, 0.1) is 5.92 Å². The van der Waals surface area contributed by atoms with Crippen molar-refractivity contribution in [2.24, 2.45) is 5.92 Å². The van der Waals surface area contributed by atoms with Crippen molar-refractivity contribution >= 4 is 15.9 Å². The number of carbonyl (C=O) groups excluding carboxylic acids is 1. The van der Waals surface area contributed by atoms with Gasteiger partial charge in [0.05, 0.1) is 6.26 Å². The Hall–Kier alpha value is -0.620. The van der Waals surface area contributed by atoms with Crippen LogP contribution in [0.2, 0.25) is 0 Å². The second-order valence-corrected chi connectivity index (χ2v) is 6.30. The third-order valence-corrected chi connectivity index (χ3v) is 3.55. The molecule has 2 aliphatic rings. The zero-order chi connectivity index (χ0) is 11.1. The zero-order valence-electron chi connectivity index (χ0n) is 8.77. The largest absolute Gasteiger partial charge is 0.339 e. The molecule has 5 nitrogen and oxygen atoms in total. The summed E-state index contributed by atoms with van der Waals surface area (Å²) in [5.74, 6) is 0.325. The van der Waals surface area contributed by atoms with Gasteiger partial charge in [-0.15, -0.1) is 0 Å². The molecule has 0 aromatic heterocycles. The molecule has 1 unspecified atom stereocenters. The predicted molar refractivity (Wildman–Crippen MR) is 55.7 cm³/mol. The van der Waals surface area contributed by atoms with E-state index in [2.05, 4.69) is 4.72 Å². The fraction of sp³-hybridized carbons (Fsp3) is 0.889. The van der Waals surface area contributed by atoms with Gasteiger partial charge in [0.15, 0.2) is 0 Å². The van der Waals surface area contributed by atoms with Crippen LogP contribution in [-0.2, 0) is 14.8 Å². The van der Waals surface area contributed by atoms with Crippen molar-refractivity contribution in [3.8, 4) is 0 Å². The van der Waals surface area contributed by atoms with Crippen LogP contribution in [0.25, 0.3) is 0 Å². The number of likely N-dealkylation sites (tertiary alicyclic amines) is 1. The van der Waals surface area contributed by atoms with Crippen LogP contribution in [0.4, 0.5) is 0 Å². The van der Waals surface area contributed by atoms with Gasteiger partial charge in [0.1, 0.15) is 0 Å². The first-order valence-corrected chi connectivity index (χ1v) is 7.09. The van der Waals surface area contributed by atoms with Gasteiger partial charge in [0, 0.05) is 25.6 Å². The SMILES string of the molecule is CS(=O)(=O)NCC1CC(=O)N(C2CC2)C1. The molecule has 0 spiro atoms. The second-order valence-electron chi connectivity index (χ2n) is 4.47. The van der Waals surface area contributed by atoms with E-state index in [0.29, 0.717) is 25.6 Å². The molecule has 0 bridgehead atoms. The molecule has 1 saturated carbocycles. The Labute approximate surface area is 89.9 Å². The molecule has 1 amide bonds. The molecule has 1 aliphatic heterocycles. The van der Waals surface area contributed by atoms with Crippen LogP contribution in [0.5, 0.6) is 0 Å². The third-order valence-electron chi connectivity index (χ3n) is 2.86. The number of amides is 1. The molecular formula is C9H16N2O3S. The van der Waals surface area contributed by atoms with Crippen molar-refractivity contribution in [1.29, 1.82) is 0 Å². The van der Waals surface area contributed by atoms with Crippen molar-refractivity contribution in [1.82, 2.24) is 9.62 Å². The number of nitrogens with zero attached hydrogens (tertiary/aromatic N) is 1. The first-order chi connectivity index (χ1) is 6.96. The summed E-state index contributed by atoms with van der Waals surface area (Å²) in [6.45, 7) is 1.10. The molecule has 1 saturated heterocycles. The summed E-state index contributed by atoms with van der Waals surface area (Å²) in [5, 5.41) is 0. The Morgan fingerprint density at radius 3 is 2.67 bits per heavy atom. The van der Waals surface area contributed by atoms with Gasteiger partial charge in [-0.3, -0.25) is 4.79 Å². The molecule has 0 aromatic carbocycles. The minimum absolute atomic E-state index is 0.146. The maximum Gasteiger partial charge on any atom is 0.223 e. The average Bonchev–Trinajstić information content (AvgIpc) is 2.87. The number of sulfonamides is 1. The van der Waals surface area contributed by atoms with Crippen molar-refractivity contribution in [2.45, 2.75) is 25.3 Å². The van der Waals surface area contributed by atoms with Gasteiger partial charge in [0.2, 0.25) is 15.9 Å². The Morgan fingerprint density at radius 2 is 2.13 bits per heavy atom. The van der Waals surface area contributed by atoms with Crippen molar-refractivity contribution in [3.05, 3.63) is 0 Å². The van der Waals surface area contributed by atoms with E-state index in [9.17, 15) is 13.2 Å². The first kappa shape index (κ1) is 10.9. The number of rotatable bonds is 4. The van der Waals surface area contributed by atoms with Gasteiger partial charge in [0.25, 0.3) is 0 Å². The molecule has 1 aliphatic carbocycles. The number of hydrogen-bond acceptors (Lipinski definition) is 3. The van der Waals surface area contributed by atoms with E-state index in [1.54, 1.807) is 0 Å². The molecule has 1 atom stereocenters. The quantitative estimate of drug-likeness (QED) is 0.713. The Kier molecular flexibility index (Phi) is 2.72. The summed E-state index contributed by atoms with van der Waals surface area (Å²) in [6.07, 6.45) is 3.84. The van der Waals surface area contributed by atoms with Crippen LogP contribution in [0.3, 0.4) is 0 Å². The fourth-order valence-corrected chi connectivity index (χ4v) is 2.49. The van der Waals surface area contributed by atoms with Crippen LogP contribution in [0.1, 0.15) is 19.3 Å². The zero-order valence-corrected chi connectivity index (χ0v) is 9.59. The maximum atomic E-state index is 11.5. The highest BCUT2D eigenvalue weighted by Crippen LogP contribution is 2.32. The van der Waals surface area contributed by atoms with Gasteiger partial charge in [-0.2, -0.15) is 0 Å². The minimum atomic E-state index is -3.13. The van der Waals surface area contributed by atoms with Crippen molar-refractivity contribution < 1.29 is 13.2 Å². The number of nitrogens with one attached hydrogen (secondary N) is 1. The lowest BCUT2D eigenvalue weighted by Crippen LogP contribution is -2.31. The maximum absolute atomic E-state index is 11.5. The highest BCUT2D eigenvalue weighted by Gasteiger charge is 2.39. The van der Waals surface area contributed by atoms with Crippen LogP contribution in [0.15, 0.2) is 0 Å². The van der Waals surface area contributed by atoms with Crippen LogP contribution < -0.4 is 4.72 Å². The summed E-state index contributed by atoms with van der Waals surface area (Å²) in [6, 6.07) is 0.445. The van der Waals surface area contributed by atoms with Crippen molar-refractivity contribution in [3.63, 3.8) is 0 Å². The molecular weight excluding hydrogens is 216 g/mol. The first-order valence-electron chi connectivity index (χ1n) is 5.20. The molecule has 86 valence electrons. The molecule has 1 heterocycles. The summed E-state index contributed by atoms with van der Waals surface area (Å²) in [5.41, 5.74) is 0. The number of carbonyl (C=O) groups is 1. The standard InChI is InChI=1S/C9H16N2O3S/c1-15(13,14)10-5-7-4-9(12)11(6-7)8-2-3-8/h7-8,10H,2-6H2,1H3. The lowest BCUT2D eigenvalue weighted by atomic mass is 10.1. The van der Waals surface area contributed by atoms with Crippen LogP contribution in [-0.4, -0.2) is 44.6 Å². The Bertz CT molecular complexity index is 362. The predicted octanol–water partition coefficient (Wildman–Crippen LogP) is -0.453. The summed E-state index contributed by atoms with van der Waals surface area (Å²) in [4.78, 5) is 13.4. The lowest BCUT2D eigenvalue weighted by molar-refractivity contribution is -0.128. The molecule has 2 fully saturated rings. The van der Waals surface area contributed by atoms with E-state index in [4.69, 9.17) is 0 Å². The van der Waals surface area contributed by atoms with E-state index in [1.165, 1.54) is 0 Å². The molecule has 6 heteroatoms.